The van der Waals surface area contributed by atoms with Gasteiger partial charge in [-0.2, -0.15) is 5.26 Å². The van der Waals surface area contributed by atoms with Crippen molar-refractivity contribution in [3.8, 4) is 6.07 Å². The Balaban J connectivity index is 2.39. The number of nitro benzene ring substituents is 1. The van der Waals surface area contributed by atoms with Gasteiger partial charge in [-0.1, -0.05) is 12.1 Å². The van der Waals surface area contributed by atoms with Crippen LogP contribution < -0.4 is 10.0 Å². The third-order valence-electron chi connectivity index (χ3n) is 3.63. The molecule has 0 aliphatic rings. The van der Waals surface area contributed by atoms with E-state index in [-0.39, 0.29) is 22.3 Å². The fraction of sp³-hybridized carbons (Fsp3) is 0.188. The quantitative estimate of drug-likeness (QED) is 0.602. The number of hydrogen-bond donors (Lipinski definition) is 2. The van der Waals surface area contributed by atoms with Crippen molar-refractivity contribution >= 4 is 21.4 Å². The van der Waals surface area contributed by atoms with E-state index in [4.69, 9.17) is 5.26 Å². The Hall–Kier alpha value is -2.96. The second-order valence-corrected chi connectivity index (χ2v) is 7.13. The van der Waals surface area contributed by atoms with Crippen molar-refractivity contribution in [3.05, 3.63) is 63.7 Å². The lowest BCUT2D eigenvalue weighted by atomic mass is 10.1. The number of benzene rings is 2. The van der Waals surface area contributed by atoms with Crippen LogP contribution in [-0.2, 0) is 10.0 Å². The number of nitrogens with one attached hydrogen (secondary N) is 2. The van der Waals surface area contributed by atoms with E-state index in [1.54, 1.807) is 31.2 Å². The summed E-state index contributed by atoms with van der Waals surface area (Å²) in [5.74, 6) is 0. The van der Waals surface area contributed by atoms with E-state index in [0.717, 1.165) is 11.6 Å². The molecule has 0 bridgehead atoms. The van der Waals surface area contributed by atoms with Gasteiger partial charge in [-0.25, -0.2) is 13.1 Å². The van der Waals surface area contributed by atoms with Gasteiger partial charge in [0, 0.05) is 12.1 Å². The van der Waals surface area contributed by atoms with Crippen molar-refractivity contribution in [3.63, 3.8) is 0 Å². The molecule has 1 unspecified atom stereocenters. The highest BCUT2D eigenvalue weighted by atomic mass is 32.2. The Morgan fingerprint density at radius 2 is 1.96 bits per heavy atom. The number of nitrogens with zero attached hydrogens (tertiary/aromatic N) is 2. The average molecular weight is 360 g/mol. The van der Waals surface area contributed by atoms with E-state index in [0.29, 0.717) is 5.56 Å². The highest BCUT2D eigenvalue weighted by Gasteiger charge is 2.21. The maximum atomic E-state index is 11.8. The summed E-state index contributed by atoms with van der Waals surface area (Å²) < 4.78 is 25.8. The number of nitro groups is 1. The molecule has 2 aromatic rings. The third-order valence-corrected chi connectivity index (χ3v) is 5.04. The molecule has 0 spiro atoms. The molecule has 0 aliphatic carbocycles. The molecular formula is C16H16N4O4S. The molecule has 0 fully saturated rings. The number of rotatable bonds is 6. The second kappa shape index (κ2) is 7.29. The topological polar surface area (TPSA) is 125 Å². The maximum Gasteiger partial charge on any atom is 0.293 e. The summed E-state index contributed by atoms with van der Waals surface area (Å²) in [5.41, 5.74) is 1.10. The van der Waals surface area contributed by atoms with Crippen molar-refractivity contribution in [1.29, 1.82) is 5.26 Å². The highest BCUT2D eigenvalue weighted by molar-refractivity contribution is 7.89. The third kappa shape index (κ3) is 4.12. The van der Waals surface area contributed by atoms with Gasteiger partial charge in [0.1, 0.15) is 5.69 Å². The zero-order chi connectivity index (χ0) is 18.6. The molecule has 0 radical (unpaired) electrons. The Morgan fingerprint density at radius 1 is 1.24 bits per heavy atom. The summed E-state index contributed by atoms with van der Waals surface area (Å²) in [6, 6.07) is 12.2. The van der Waals surface area contributed by atoms with E-state index in [2.05, 4.69) is 10.0 Å². The van der Waals surface area contributed by atoms with Crippen LogP contribution in [0, 0.1) is 21.4 Å². The van der Waals surface area contributed by atoms with Crippen LogP contribution in [0.2, 0.25) is 0 Å². The minimum Gasteiger partial charge on any atom is -0.373 e. The van der Waals surface area contributed by atoms with Crippen molar-refractivity contribution in [2.45, 2.75) is 17.9 Å². The molecule has 0 heterocycles. The average Bonchev–Trinajstić information content (AvgIpc) is 2.61. The zero-order valence-electron chi connectivity index (χ0n) is 13.6. The van der Waals surface area contributed by atoms with E-state index >= 15 is 0 Å². The molecule has 0 saturated carbocycles. The molecule has 8 nitrogen and oxygen atoms in total. The monoisotopic (exact) mass is 360 g/mol. The van der Waals surface area contributed by atoms with Gasteiger partial charge in [-0.3, -0.25) is 10.1 Å². The van der Waals surface area contributed by atoms with Gasteiger partial charge >= 0.3 is 0 Å². The highest BCUT2D eigenvalue weighted by Crippen LogP contribution is 2.30. The number of nitriles is 1. The van der Waals surface area contributed by atoms with Crippen LogP contribution in [0.25, 0.3) is 0 Å². The molecule has 0 aromatic heterocycles. The molecule has 2 rings (SSSR count). The molecule has 25 heavy (non-hydrogen) atoms. The molecule has 130 valence electrons. The SMILES string of the molecule is CNS(=O)(=O)c1ccc(NC(C)c2cccc(C#N)c2)c([N+](=O)[O-])c1. The van der Waals surface area contributed by atoms with E-state index in [1.807, 2.05) is 6.07 Å². The molecule has 1 atom stereocenters. The van der Waals surface area contributed by atoms with Crippen molar-refractivity contribution < 1.29 is 13.3 Å². The number of hydrogen-bond acceptors (Lipinski definition) is 6. The fourth-order valence-electron chi connectivity index (χ4n) is 2.26. The van der Waals surface area contributed by atoms with Gasteiger partial charge in [0.25, 0.3) is 5.69 Å². The van der Waals surface area contributed by atoms with Gasteiger partial charge in [-0.15, -0.1) is 0 Å². The summed E-state index contributed by atoms with van der Waals surface area (Å²) in [5, 5.41) is 23.3. The fourth-order valence-corrected chi connectivity index (χ4v) is 3.01. The maximum absolute atomic E-state index is 11.8. The smallest absolute Gasteiger partial charge is 0.293 e. The molecule has 0 aliphatic heterocycles. The van der Waals surface area contributed by atoms with Crippen LogP contribution >= 0.6 is 0 Å². The Kier molecular flexibility index (Phi) is 5.36. The van der Waals surface area contributed by atoms with Crippen LogP contribution in [-0.4, -0.2) is 20.4 Å². The van der Waals surface area contributed by atoms with Gasteiger partial charge < -0.3 is 5.32 Å². The summed E-state index contributed by atoms with van der Waals surface area (Å²) in [7, 11) is -2.55. The Labute approximate surface area is 145 Å². The number of sulfonamides is 1. The predicted molar refractivity (Wildman–Crippen MR) is 92.5 cm³/mol. The van der Waals surface area contributed by atoms with Gasteiger partial charge in [0.15, 0.2) is 0 Å². The van der Waals surface area contributed by atoms with Gasteiger partial charge in [0.2, 0.25) is 10.0 Å². The Morgan fingerprint density at radius 3 is 2.56 bits per heavy atom. The van der Waals surface area contributed by atoms with Crippen LogP contribution in [0.15, 0.2) is 47.4 Å². The van der Waals surface area contributed by atoms with E-state index < -0.39 is 14.9 Å². The van der Waals surface area contributed by atoms with E-state index in [9.17, 15) is 18.5 Å². The van der Waals surface area contributed by atoms with Crippen molar-refractivity contribution in [2.24, 2.45) is 0 Å². The first kappa shape index (κ1) is 18.4. The van der Waals surface area contributed by atoms with Crippen LogP contribution in [0.1, 0.15) is 24.1 Å². The standard InChI is InChI=1S/C16H16N4O4S/c1-11(13-5-3-4-12(8-13)10-17)19-15-7-6-14(25(23,24)18-2)9-16(15)20(21)22/h3-9,11,18-19H,1-2H3. The lowest BCUT2D eigenvalue weighted by molar-refractivity contribution is -0.384. The molecule has 2 aromatic carbocycles. The second-order valence-electron chi connectivity index (χ2n) is 5.25. The summed E-state index contributed by atoms with van der Waals surface area (Å²) in [6.07, 6.45) is 0. The van der Waals surface area contributed by atoms with Crippen LogP contribution in [0.3, 0.4) is 0 Å². The van der Waals surface area contributed by atoms with Gasteiger partial charge in [-0.05, 0) is 43.8 Å². The first-order chi connectivity index (χ1) is 11.8. The molecule has 0 saturated heterocycles. The molecule has 9 heteroatoms. The first-order valence-corrected chi connectivity index (χ1v) is 8.75. The largest absolute Gasteiger partial charge is 0.373 e. The molecular weight excluding hydrogens is 344 g/mol. The van der Waals surface area contributed by atoms with Crippen LogP contribution in [0.4, 0.5) is 11.4 Å². The minimum atomic E-state index is -3.78. The van der Waals surface area contributed by atoms with Crippen molar-refractivity contribution in [1.82, 2.24) is 4.72 Å². The predicted octanol–water partition coefficient (Wildman–Crippen LogP) is 2.55. The zero-order valence-corrected chi connectivity index (χ0v) is 14.4. The lowest BCUT2D eigenvalue weighted by Crippen LogP contribution is -2.19. The number of anilines is 1. The van der Waals surface area contributed by atoms with Crippen LogP contribution in [0.5, 0.6) is 0 Å². The lowest BCUT2D eigenvalue weighted by Gasteiger charge is -2.16. The summed E-state index contributed by atoms with van der Waals surface area (Å²) >= 11 is 0. The normalized spacial score (nSPS) is 12.2. The van der Waals surface area contributed by atoms with Gasteiger partial charge in [0.05, 0.1) is 21.5 Å². The summed E-state index contributed by atoms with van der Waals surface area (Å²) in [4.78, 5) is 10.5. The van der Waals surface area contributed by atoms with E-state index in [1.165, 1.54) is 19.2 Å². The Bertz CT molecular complexity index is 951. The first-order valence-electron chi connectivity index (χ1n) is 7.27. The molecule has 2 N–H and O–H groups in total. The summed E-state index contributed by atoms with van der Waals surface area (Å²) in [6.45, 7) is 1.79. The van der Waals surface area contributed by atoms with Crippen molar-refractivity contribution in [2.75, 3.05) is 12.4 Å². The molecule has 0 amide bonds. The minimum absolute atomic E-state index is 0.189.